The van der Waals surface area contributed by atoms with Crippen LogP contribution in [0.1, 0.15) is 17.1 Å². The second-order valence-electron chi connectivity index (χ2n) is 3.03. The first-order chi connectivity index (χ1) is 7.76. The summed E-state index contributed by atoms with van der Waals surface area (Å²) in [7, 11) is 0. The van der Waals surface area contributed by atoms with E-state index in [1.54, 1.807) is 12.3 Å². The fourth-order valence-electron chi connectivity index (χ4n) is 1.24. The highest BCUT2D eigenvalue weighted by Crippen LogP contribution is 2.09. The lowest BCUT2D eigenvalue weighted by Gasteiger charge is -2.01. The van der Waals surface area contributed by atoms with E-state index in [0.29, 0.717) is 5.95 Å². The van der Waals surface area contributed by atoms with E-state index in [2.05, 4.69) is 15.0 Å². The van der Waals surface area contributed by atoms with Gasteiger partial charge in [-0.25, -0.2) is 15.0 Å². The van der Waals surface area contributed by atoms with Crippen LogP contribution in [0.5, 0.6) is 0 Å². The molecule has 0 saturated carbocycles. The molecule has 0 aromatic carbocycles. The maximum absolute atomic E-state index is 8.93. The molecule has 0 aliphatic carbocycles. The number of aryl methyl sites for hydroxylation is 1. The molecule has 0 radical (unpaired) electrons. The van der Waals surface area contributed by atoms with Gasteiger partial charge in [0, 0.05) is 11.9 Å². The molecule has 0 unspecified atom stereocenters. The average molecular weight is 210 g/mol. The first-order valence-corrected chi connectivity index (χ1v) is 4.44. The third kappa shape index (κ3) is 1.49. The molecule has 2 heterocycles. The van der Waals surface area contributed by atoms with Crippen LogP contribution in [0.25, 0.3) is 5.95 Å². The lowest BCUT2D eigenvalue weighted by Crippen LogP contribution is -2.03. The summed E-state index contributed by atoms with van der Waals surface area (Å²) in [6, 6.07) is 5.50. The van der Waals surface area contributed by atoms with Crippen LogP contribution < -0.4 is 0 Å². The van der Waals surface area contributed by atoms with Gasteiger partial charge in [0.15, 0.2) is 11.4 Å². The third-order valence-corrected chi connectivity index (χ3v) is 1.98. The minimum absolute atomic E-state index is 0.0765. The molecule has 6 nitrogen and oxygen atoms in total. The number of nitriles is 2. The second-order valence-corrected chi connectivity index (χ2v) is 3.03. The molecule has 0 N–H and O–H groups in total. The third-order valence-electron chi connectivity index (χ3n) is 1.98. The summed E-state index contributed by atoms with van der Waals surface area (Å²) in [6.07, 6.45) is 2.96. The number of aromatic nitrogens is 4. The van der Waals surface area contributed by atoms with E-state index < -0.39 is 0 Å². The van der Waals surface area contributed by atoms with Gasteiger partial charge in [0.1, 0.15) is 18.5 Å². The maximum Gasteiger partial charge on any atom is 0.236 e. The van der Waals surface area contributed by atoms with Gasteiger partial charge in [-0.3, -0.25) is 4.57 Å². The molecule has 0 aliphatic rings. The molecule has 0 bridgehead atoms. The van der Waals surface area contributed by atoms with Gasteiger partial charge in [-0.2, -0.15) is 10.5 Å². The number of nitrogens with zero attached hydrogens (tertiary/aromatic N) is 6. The highest BCUT2D eigenvalue weighted by molar-refractivity contribution is 5.39. The van der Waals surface area contributed by atoms with Gasteiger partial charge in [0.2, 0.25) is 5.95 Å². The van der Waals surface area contributed by atoms with E-state index in [9.17, 15) is 0 Å². The van der Waals surface area contributed by atoms with Crippen LogP contribution in [0, 0.1) is 29.6 Å². The summed E-state index contributed by atoms with van der Waals surface area (Å²) in [5.74, 6) is 0.338. The zero-order chi connectivity index (χ0) is 11.5. The van der Waals surface area contributed by atoms with Crippen LogP contribution in [0.2, 0.25) is 0 Å². The molecule has 0 saturated heterocycles. The Hall–Kier alpha value is -2.73. The van der Waals surface area contributed by atoms with Crippen LogP contribution >= 0.6 is 0 Å². The van der Waals surface area contributed by atoms with Gasteiger partial charge in [-0.15, -0.1) is 0 Å². The van der Waals surface area contributed by atoms with Crippen molar-refractivity contribution in [3.63, 3.8) is 0 Å². The van der Waals surface area contributed by atoms with Crippen molar-refractivity contribution in [3.8, 4) is 18.1 Å². The number of hydrogen-bond donors (Lipinski definition) is 0. The fraction of sp³-hybridized carbons (Fsp3) is 0.100. The highest BCUT2D eigenvalue weighted by Gasteiger charge is 2.12. The first kappa shape index (κ1) is 9.81. The van der Waals surface area contributed by atoms with Crippen LogP contribution in [-0.4, -0.2) is 19.5 Å². The molecular formula is C10H6N6. The quantitative estimate of drug-likeness (QED) is 0.691. The highest BCUT2D eigenvalue weighted by atomic mass is 15.2. The van der Waals surface area contributed by atoms with Gasteiger partial charge in [-0.1, -0.05) is 0 Å². The van der Waals surface area contributed by atoms with Crippen molar-refractivity contribution in [2.45, 2.75) is 6.92 Å². The summed E-state index contributed by atoms with van der Waals surface area (Å²) >= 11 is 0. The molecule has 2 aromatic rings. The smallest absolute Gasteiger partial charge is 0.236 e. The summed E-state index contributed by atoms with van der Waals surface area (Å²) in [5.41, 5.74) is 1.00. The number of hydrogen-bond acceptors (Lipinski definition) is 5. The Morgan fingerprint density at radius 1 is 1.25 bits per heavy atom. The van der Waals surface area contributed by atoms with Gasteiger partial charge in [-0.05, 0) is 13.0 Å². The van der Waals surface area contributed by atoms with E-state index in [1.807, 2.05) is 19.1 Å². The monoisotopic (exact) mass is 210 g/mol. The molecule has 2 aromatic heterocycles. The zero-order valence-corrected chi connectivity index (χ0v) is 8.42. The normalized spacial score (nSPS) is 9.44. The number of imidazole rings is 1. The second kappa shape index (κ2) is 3.79. The summed E-state index contributed by atoms with van der Waals surface area (Å²) in [4.78, 5) is 12.0. The largest absolute Gasteiger partial charge is 0.257 e. The molecule has 76 valence electrons. The summed E-state index contributed by atoms with van der Waals surface area (Å²) < 4.78 is 1.39. The lowest BCUT2D eigenvalue weighted by molar-refractivity contribution is 0.898. The van der Waals surface area contributed by atoms with Crippen LogP contribution in [0.4, 0.5) is 0 Å². The topological polar surface area (TPSA) is 91.2 Å². The zero-order valence-electron chi connectivity index (χ0n) is 8.42. The molecule has 16 heavy (non-hydrogen) atoms. The fourth-order valence-corrected chi connectivity index (χ4v) is 1.24. The van der Waals surface area contributed by atoms with Gasteiger partial charge < -0.3 is 0 Å². The van der Waals surface area contributed by atoms with E-state index in [0.717, 1.165) is 5.69 Å². The van der Waals surface area contributed by atoms with Gasteiger partial charge in [0.05, 0.1) is 0 Å². The van der Waals surface area contributed by atoms with Crippen LogP contribution in [0.3, 0.4) is 0 Å². The average Bonchev–Trinajstić information content (AvgIpc) is 2.71. The molecule has 0 fully saturated rings. The van der Waals surface area contributed by atoms with E-state index >= 15 is 0 Å². The Morgan fingerprint density at radius 3 is 2.69 bits per heavy atom. The minimum atomic E-state index is 0.0765. The lowest BCUT2D eigenvalue weighted by atomic mass is 10.3. The van der Waals surface area contributed by atoms with Crippen molar-refractivity contribution in [1.29, 1.82) is 10.5 Å². The van der Waals surface area contributed by atoms with E-state index in [1.165, 1.54) is 10.9 Å². The molecule has 0 atom stereocenters. The van der Waals surface area contributed by atoms with E-state index in [-0.39, 0.29) is 11.4 Å². The summed E-state index contributed by atoms with van der Waals surface area (Å²) in [5, 5.41) is 17.7. The Kier molecular flexibility index (Phi) is 2.33. The van der Waals surface area contributed by atoms with Crippen molar-refractivity contribution in [2.75, 3.05) is 0 Å². The SMILES string of the molecule is Cc1ccnc(-n2cnc(C#N)c2C#N)n1. The Balaban J connectivity index is 2.63. The standard InChI is InChI=1S/C10H6N6/c1-7-2-3-13-10(15-7)16-6-14-8(4-11)9(16)5-12/h2-3,6H,1H3. The Morgan fingerprint density at radius 2 is 2.06 bits per heavy atom. The van der Waals surface area contributed by atoms with Crippen LogP contribution in [0.15, 0.2) is 18.6 Å². The predicted molar refractivity (Wildman–Crippen MR) is 53.3 cm³/mol. The van der Waals surface area contributed by atoms with Crippen molar-refractivity contribution < 1.29 is 0 Å². The molecule has 0 spiro atoms. The molecule has 0 aliphatic heterocycles. The molecule has 2 rings (SSSR count). The molecule has 0 amide bonds. The summed E-state index contributed by atoms with van der Waals surface area (Å²) in [6.45, 7) is 1.82. The van der Waals surface area contributed by atoms with E-state index in [4.69, 9.17) is 10.5 Å². The first-order valence-electron chi connectivity index (χ1n) is 4.44. The van der Waals surface area contributed by atoms with Crippen molar-refractivity contribution >= 4 is 0 Å². The predicted octanol–water partition coefficient (Wildman–Crippen LogP) is 0.714. The molecule has 6 heteroatoms. The number of rotatable bonds is 1. The molecular weight excluding hydrogens is 204 g/mol. The minimum Gasteiger partial charge on any atom is -0.257 e. The van der Waals surface area contributed by atoms with Gasteiger partial charge >= 0.3 is 0 Å². The van der Waals surface area contributed by atoms with Crippen molar-refractivity contribution in [1.82, 2.24) is 19.5 Å². The maximum atomic E-state index is 8.93. The van der Waals surface area contributed by atoms with Crippen LogP contribution in [-0.2, 0) is 0 Å². The Labute approximate surface area is 91.4 Å². The Bertz CT molecular complexity index is 613. The van der Waals surface area contributed by atoms with Crippen molar-refractivity contribution in [3.05, 3.63) is 35.7 Å². The van der Waals surface area contributed by atoms with Crippen molar-refractivity contribution in [2.24, 2.45) is 0 Å². The van der Waals surface area contributed by atoms with Gasteiger partial charge in [0.25, 0.3) is 0 Å².